The van der Waals surface area contributed by atoms with Gasteiger partial charge in [0.2, 0.25) is 6.71 Å². The monoisotopic (exact) mass is 519 g/mol. The Labute approximate surface area is 239 Å². The highest BCUT2D eigenvalue weighted by Gasteiger charge is 2.28. The normalized spacial score (nSPS) is 11.5. The van der Waals surface area contributed by atoms with Crippen LogP contribution in [0, 0.1) is 41.5 Å². The molecule has 0 amide bonds. The van der Waals surface area contributed by atoms with Crippen LogP contribution in [0.2, 0.25) is 0 Å². The third-order valence-corrected chi connectivity index (χ3v) is 8.72. The molecule has 0 saturated carbocycles. The Hall–Kier alpha value is -4.04. The predicted molar refractivity (Wildman–Crippen MR) is 177 cm³/mol. The van der Waals surface area contributed by atoms with Crippen LogP contribution >= 0.6 is 0 Å². The van der Waals surface area contributed by atoms with Crippen molar-refractivity contribution in [1.82, 2.24) is 4.57 Å². The number of hydrogen-bond donors (Lipinski definition) is 0. The van der Waals surface area contributed by atoms with Gasteiger partial charge < -0.3 is 4.57 Å². The Balaban J connectivity index is 1.49. The van der Waals surface area contributed by atoms with Gasteiger partial charge in [-0.15, -0.1) is 0 Å². The van der Waals surface area contributed by atoms with Crippen LogP contribution in [-0.2, 0) is 6.54 Å². The molecule has 40 heavy (non-hydrogen) atoms. The van der Waals surface area contributed by atoms with Crippen LogP contribution < -0.4 is 16.4 Å². The minimum atomic E-state index is 0.195. The first kappa shape index (κ1) is 26.2. The van der Waals surface area contributed by atoms with Crippen molar-refractivity contribution >= 4 is 44.9 Å². The lowest BCUT2D eigenvalue weighted by Gasteiger charge is -2.24. The molecule has 0 spiro atoms. The zero-order valence-electron chi connectivity index (χ0n) is 24.9. The van der Waals surface area contributed by atoms with E-state index in [0.717, 1.165) is 6.54 Å². The molecule has 0 radical (unpaired) electrons. The van der Waals surface area contributed by atoms with Crippen LogP contribution in [0.3, 0.4) is 0 Å². The van der Waals surface area contributed by atoms with Crippen molar-refractivity contribution in [3.63, 3.8) is 0 Å². The number of hydrogen-bond acceptors (Lipinski definition) is 0. The molecular formula is C38H38BN. The molecule has 0 aliphatic rings. The summed E-state index contributed by atoms with van der Waals surface area (Å²) in [5.74, 6) is 0. The van der Waals surface area contributed by atoms with Gasteiger partial charge in [0.05, 0.1) is 0 Å². The maximum absolute atomic E-state index is 2.42. The standard InChI is InChI=1S/C38H38BN/c1-8-40-35-12-10-9-11-33(35)34-23-31(15-18-36(34)40)30-13-16-32(17-14-30)39(37-26(4)19-24(2)20-27(37)5)38-28(6)21-25(3)22-29(38)7/h9-23H,8H2,1-7H3. The Morgan fingerprint density at radius 3 is 1.57 bits per heavy atom. The molecule has 6 aromatic rings. The highest BCUT2D eigenvalue weighted by Crippen LogP contribution is 2.32. The summed E-state index contributed by atoms with van der Waals surface area (Å²) in [5, 5.41) is 2.65. The predicted octanol–water partition coefficient (Wildman–Crippen LogP) is 7.85. The quantitative estimate of drug-likeness (QED) is 0.205. The summed E-state index contributed by atoms with van der Waals surface area (Å²) in [6, 6.07) is 34.4. The highest BCUT2D eigenvalue weighted by atomic mass is 15.0. The molecule has 0 aliphatic heterocycles. The topological polar surface area (TPSA) is 4.93 Å². The first-order valence-electron chi connectivity index (χ1n) is 14.5. The van der Waals surface area contributed by atoms with Gasteiger partial charge in [-0.25, -0.2) is 0 Å². The fourth-order valence-corrected chi connectivity index (χ4v) is 7.21. The van der Waals surface area contributed by atoms with Gasteiger partial charge in [0.15, 0.2) is 0 Å². The van der Waals surface area contributed by atoms with E-state index in [1.165, 1.54) is 82.7 Å². The molecule has 2 heteroatoms. The van der Waals surface area contributed by atoms with Crippen LogP contribution in [-0.4, -0.2) is 11.3 Å². The molecule has 0 fully saturated rings. The lowest BCUT2D eigenvalue weighted by atomic mass is 9.34. The molecule has 0 N–H and O–H groups in total. The fraction of sp³-hybridized carbons (Fsp3) is 0.211. The molecular weight excluding hydrogens is 481 g/mol. The van der Waals surface area contributed by atoms with Crippen molar-refractivity contribution in [2.45, 2.75) is 55.0 Å². The molecule has 0 atom stereocenters. The second-order valence-electron chi connectivity index (χ2n) is 11.7. The smallest absolute Gasteiger partial charge is 0.242 e. The second kappa shape index (κ2) is 10.2. The average molecular weight is 520 g/mol. The number of para-hydroxylation sites is 1. The zero-order valence-corrected chi connectivity index (χ0v) is 24.9. The molecule has 5 aromatic carbocycles. The summed E-state index contributed by atoms with van der Waals surface area (Å²) in [5.41, 5.74) is 17.5. The molecule has 0 bridgehead atoms. The number of rotatable bonds is 5. The van der Waals surface area contributed by atoms with Gasteiger partial charge in [-0.05, 0) is 77.8 Å². The molecule has 1 aromatic heterocycles. The summed E-state index contributed by atoms with van der Waals surface area (Å²) in [6.07, 6.45) is 0. The molecule has 0 saturated heterocycles. The zero-order chi connectivity index (χ0) is 28.1. The molecule has 1 nitrogen and oxygen atoms in total. The summed E-state index contributed by atoms with van der Waals surface area (Å²) in [6.45, 7) is 16.9. The van der Waals surface area contributed by atoms with Crippen LogP contribution in [0.15, 0.2) is 91.0 Å². The van der Waals surface area contributed by atoms with Crippen molar-refractivity contribution in [2.75, 3.05) is 0 Å². The van der Waals surface area contributed by atoms with Crippen molar-refractivity contribution in [3.05, 3.63) is 124 Å². The summed E-state index contributed by atoms with van der Waals surface area (Å²) < 4.78 is 2.42. The Morgan fingerprint density at radius 1 is 0.525 bits per heavy atom. The van der Waals surface area contributed by atoms with Crippen LogP contribution in [0.1, 0.15) is 40.3 Å². The molecule has 6 rings (SSSR count). The van der Waals surface area contributed by atoms with E-state index in [1.807, 2.05) is 0 Å². The number of aryl methyl sites for hydroxylation is 7. The van der Waals surface area contributed by atoms with Gasteiger partial charge in [0.1, 0.15) is 0 Å². The Kier molecular flexibility index (Phi) is 6.66. The van der Waals surface area contributed by atoms with Crippen molar-refractivity contribution in [2.24, 2.45) is 0 Å². The third kappa shape index (κ3) is 4.36. The average Bonchev–Trinajstić information content (AvgIpc) is 3.24. The fourth-order valence-electron chi connectivity index (χ4n) is 7.21. The van der Waals surface area contributed by atoms with Crippen molar-refractivity contribution in [1.29, 1.82) is 0 Å². The minimum absolute atomic E-state index is 0.195. The van der Waals surface area contributed by atoms with E-state index >= 15 is 0 Å². The molecule has 0 aliphatic carbocycles. The third-order valence-electron chi connectivity index (χ3n) is 8.72. The molecule has 0 unspecified atom stereocenters. The van der Waals surface area contributed by atoms with Gasteiger partial charge in [0, 0.05) is 28.4 Å². The van der Waals surface area contributed by atoms with Gasteiger partial charge in [-0.2, -0.15) is 0 Å². The van der Waals surface area contributed by atoms with Crippen LogP contribution in [0.4, 0.5) is 0 Å². The maximum atomic E-state index is 2.42. The van der Waals surface area contributed by atoms with Gasteiger partial charge in [0.25, 0.3) is 0 Å². The van der Waals surface area contributed by atoms with Crippen molar-refractivity contribution < 1.29 is 0 Å². The highest BCUT2D eigenvalue weighted by molar-refractivity contribution is 6.96. The summed E-state index contributed by atoms with van der Waals surface area (Å²) in [7, 11) is 0. The first-order valence-corrected chi connectivity index (χ1v) is 14.5. The molecule has 198 valence electrons. The maximum Gasteiger partial charge on any atom is 0.242 e. The lowest BCUT2D eigenvalue weighted by molar-refractivity contribution is 0.827. The van der Waals surface area contributed by atoms with Crippen molar-refractivity contribution in [3.8, 4) is 11.1 Å². The van der Waals surface area contributed by atoms with E-state index < -0.39 is 0 Å². The van der Waals surface area contributed by atoms with E-state index in [2.05, 4.69) is 144 Å². The van der Waals surface area contributed by atoms with E-state index in [-0.39, 0.29) is 6.71 Å². The van der Waals surface area contributed by atoms with E-state index in [9.17, 15) is 0 Å². The van der Waals surface area contributed by atoms with Gasteiger partial charge in [-0.3, -0.25) is 0 Å². The van der Waals surface area contributed by atoms with E-state index in [4.69, 9.17) is 0 Å². The van der Waals surface area contributed by atoms with Gasteiger partial charge in [-0.1, -0.05) is 123 Å². The van der Waals surface area contributed by atoms with Crippen LogP contribution in [0.5, 0.6) is 0 Å². The van der Waals surface area contributed by atoms with Gasteiger partial charge >= 0.3 is 0 Å². The minimum Gasteiger partial charge on any atom is -0.341 e. The second-order valence-corrected chi connectivity index (χ2v) is 11.7. The SMILES string of the molecule is CCn1c2ccccc2c2cc(-c3ccc(B(c4c(C)cc(C)cc4C)c4c(C)cc(C)cc4C)cc3)ccc21. The van der Waals surface area contributed by atoms with E-state index in [1.54, 1.807) is 0 Å². The first-order chi connectivity index (χ1) is 19.3. The van der Waals surface area contributed by atoms with E-state index in [0.29, 0.717) is 0 Å². The van der Waals surface area contributed by atoms with Crippen LogP contribution in [0.25, 0.3) is 32.9 Å². The largest absolute Gasteiger partial charge is 0.341 e. The number of aromatic nitrogens is 1. The number of nitrogens with zero attached hydrogens (tertiary/aromatic N) is 1. The molecule has 1 heterocycles. The Bertz CT molecular complexity index is 1780. The summed E-state index contributed by atoms with van der Waals surface area (Å²) >= 11 is 0. The number of fused-ring (bicyclic) bond motifs is 3. The number of benzene rings is 5. The Morgan fingerprint density at radius 2 is 1.02 bits per heavy atom. The summed E-state index contributed by atoms with van der Waals surface area (Å²) in [4.78, 5) is 0. The lowest BCUT2D eigenvalue weighted by Crippen LogP contribution is -2.55.